The molecule has 0 saturated carbocycles. The van der Waals surface area contributed by atoms with E-state index < -0.39 is 6.61 Å². The Morgan fingerprint density at radius 3 is 2.82 bits per heavy atom. The molecule has 4 nitrogen and oxygen atoms in total. The second-order valence-corrected chi connectivity index (χ2v) is 5.53. The van der Waals surface area contributed by atoms with Crippen LogP contribution >= 0.6 is 23.4 Å². The predicted molar refractivity (Wildman–Crippen MR) is 81.8 cm³/mol. The van der Waals surface area contributed by atoms with Gasteiger partial charge in [0.05, 0.1) is 5.52 Å². The van der Waals surface area contributed by atoms with Crippen LogP contribution in [-0.4, -0.2) is 27.5 Å². The minimum absolute atomic E-state index is 0.0307. The quantitative estimate of drug-likeness (QED) is 0.660. The average Bonchev–Trinajstić information content (AvgIpc) is 2.96. The Hall–Kier alpha value is -1.86. The normalized spacial score (nSPS) is 11.3. The van der Waals surface area contributed by atoms with E-state index >= 15 is 0 Å². The molecule has 8 heteroatoms. The number of hydrogen-bond donors (Lipinski definition) is 0. The van der Waals surface area contributed by atoms with E-state index in [0.717, 1.165) is 5.52 Å². The topological polar surface area (TPSA) is 39.4 Å². The molecule has 3 rings (SSSR count). The van der Waals surface area contributed by atoms with Crippen molar-refractivity contribution in [2.75, 3.05) is 6.26 Å². The number of benzene rings is 1. The van der Waals surface area contributed by atoms with Crippen molar-refractivity contribution in [3.63, 3.8) is 0 Å². The van der Waals surface area contributed by atoms with Gasteiger partial charge in [-0.15, -0.1) is 10.2 Å². The summed E-state index contributed by atoms with van der Waals surface area (Å²) in [5, 5.41) is 9.28. The van der Waals surface area contributed by atoms with Crippen molar-refractivity contribution in [2.45, 2.75) is 11.8 Å². The largest absolute Gasteiger partial charge is 0.434 e. The fourth-order valence-electron chi connectivity index (χ4n) is 2.15. The Morgan fingerprint density at radius 2 is 2.09 bits per heavy atom. The third-order valence-electron chi connectivity index (χ3n) is 3.03. The van der Waals surface area contributed by atoms with E-state index in [1.807, 2.05) is 29.0 Å². The first-order valence-electron chi connectivity index (χ1n) is 6.22. The highest BCUT2D eigenvalue weighted by Crippen LogP contribution is 2.35. The maximum atomic E-state index is 12.6. The molecule has 0 N–H and O–H groups in total. The van der Waals surface area contributed by atoms with Gasteiger partial charge in [0, 0.05) is 16.8 Å². The number of ether oxygens (including phenoxy) is 1. The number of hydrogen-bond acceptors (Lipinski definition) is 4. The van der Waals surface area contributed by atoms with E-state index in [4.69, 9.17) is 11.6 Å². The van der Waals surface area contributed by atoms with Crippen molar-refractivity contribution in [1.29, 1.82) is 0 Å². The van der Waals surface area contributed by atoms with Crippen LogP contribution in [0.15, 0.2) is 41.7 Å². The maximum absolute atomic E-state index is 12.6. The van der Waals surface area contributed by atoms with E-state index in [-0.39, 0.29) is 5.75 Å². The molecule has 0 aliphatic rings. The van der Waals surface area contributed by atoms with Crippen LogP contribution in [0.2, 0.25) is 5.02 Å². The number of thioether (sulfide) groups is 1. The molecule has 0 aliphatic carbocycles. The Balaban J connectivity index is 2.21. The summed E-state index contributed by atoms with van der Waals surface area (Å²) in [6.07, 6.45) is 3.72. The molecular formula is C14H10ClF2N3OS. The van der Waals surface area contributed by atoms with Crippen LogP contribution in [0.4, 0.5) is 8.78 Å². The van der Waals surface area contributed by atoms with E-state index in [9.17, 15) is 8.78 Å². The number of nitrogens with zero attached hydrogens (tertiary/aromatic N) is 3. The SMILES string of the molecule is CSc1nnc(-c2ccc(Cl)cc2OC(F)F)c2cccn12. The van der Waals surface area contributed by atoms with Gasteiger partial charge in [0.15, 0.2) is 5.16 Å². The standard InChI is InChI=1S/C14H10ClF2N3OS/c1-22-14-19-18-12(10-3-2-6-20(10)14)9-5-4-8(15)7-11(9)21-13(16)17/h2-7,13H,1H3. The third-order valence-corrected chi connectivity index (χ3v) is 3.91. The minimum Gasteiger partial charge on any atom is -0.434 e. The van der Waals surface area contributed by atoms with Crippen molar-refractivity contribution in [2.24, 2.45) is 0 Å². The second-order valence-electron chi connectivity index (χ2n) is 4.32. The molecule has 0 bridgehead atoms. The van der Waals surface area contributed by atoms with Crippen molar-refractivity contribution in [3.05, 3.63) is 41.6 Å². The first-order chi connectivity index (χ1) is 10.6. The maximum Gasteiger partial charge on any atom is 0.387 e. The Morgan fingerprint density at radius 1 is 1.27 bits per heavy atom. The van der Waals surface area contributed by atoms with Crippen LogP contribution in [0.5, 0.6) is 5.75 Å². The zero-order valence-corrected chi connectivity index (χ0v) is 12.9. The summed E-state index contributed by atoms with van der Waals surface area (Å²) >= 11 is 7.30. The van der Waals surface area contributed by atoms with Gasteiger partial charge in [-0.1, -0.05) is 23.4 Å². The lowest BCUT2D eigenvalue weighted by Crippen LogP contribution is -2.05. The highest BCUT2D eigenvalue weighted by Gasteiger charge is 2.17. The van der Waals surface area contributed by atoms with Crippen molar-refractivity contribution in [1.82, 2.24) is 14.6 Å². The molecule has 1 aromatic carbocycles. The Labute approximate surface area is 134 Å². The number of alkyl halides is 2. The van der Waals surface area contributed by atoms with Gasteiger partial charge < -0.3 is 4.74 Å². The third kappa shape index (κ3) is 2.74. The molecule has 0 atom stereocenters. The minimum atomic E-state index is -2.95. The van der Waals surface area contributed by atoms with Crippen LogP contribution in [0.3, 0.4) is 0 Å². The Bertz CT molecular complexity index is 825. The lowest BCUT2D eigenvalue weighted by Gasteiger charge is -2.12. The molecule has 22 heavy (non-hydrogen) atoms. The highest BCUT2D eigenvalue weighted by molar-refractivity contribution is 7.98. The van der Waals surface area contributed by atoms with Crippen molar-refractivity contribution < 1.29 is 13.5 Å². The molecule has 0 amide bonds. The lowest BCUT2D eigenvalue weighted by molar-refractivity contribution is -0.0494. The van der Waals surface area contributed by atoms with Gasteiger partial charge in [-0.2, -0.15) is 8.78 Å². The van der Waals surface area contributed by atoms with Crippen LogP contribution in [0, 0.1) is 0 Å². The number of aromatic nitrogens is 3. The van der Waals surface area contributed by atoms with E-state index in [1.165, 1.54) is 17.8 Å². The van der Waals surface area contributed by atoms with Crippen molar-refractivity contribution >= 4 is 28.9 Å². The van der Waals surface area contributed by atoms with Crippen LogP contribution in [0.1, 0.15) is 0 Å². The first-order valence-corrected chi connectivity index (χ1v) is 7.83. The summed E-state index contributed by atoms with van der Waals surface area (Å²) in [6, 6.07) is 8.21. The van der Waals surface area contributed by atoms with Gasteiger partial charge in [0.2, 0.25) is 0 Å². The van der Waals surface area contributed by atoms with Gasteiger partial charge in [-0.05, 0) is 36.6 Å². The van der Waals surface area contributed by atoms with E-state index in [0.29, 0.717) is 21.4 Å². The zero-order chi connectivity index (χ0) is 15.7. The van der Waals surface area contributed by atoms with E-state index in [2.05, 4.69) is 14.9 Å². The summed E-state index contributed by atoms with van der Waals surface area (Å²) in [7, 11) is 0. The molecule has 0 aliphatic heterocycles. The summed E-state index contributed by atoms with van der Waals surface area (Å²) < 4.78 is 31.6. The summed E-state index contributed by atoms with van der Waals surface area (Å²) in [5.41, 5.74) is 1.62. The second kappa shape index (κ2) is 6.10. The highest BCUT2D eigenvalue weighted by atomic mass is 35.5. The zero-order valence-electron chi connectivity index (χ0n) is 11.3. The molecular weight excluding hydrogens is 332 g/mol. The Kier molecular flexibility index (Phi) is 4.17. The van der Waals surface area contributed by atoms with Gasteiger partial charge in [-0.3, -0.25) is 4.40 Å². The molecule has 114 valence electrons. The molecule has 2 heterocycles. The van der Waals surface area contributed by atoms with Crippen LogP contribution < -0.4 is 4.74 Å². The number of halogens is 3. The number of rotatable bonds is 4. The van der Waals surface area contributed by atoms with Crippen LogP contribution in [0.25, 0.3) is 16.8 Å². The van der Waals surface area contributed by atoms with Gasteiger partial charge >= 0.3 is 6.61 Å². The lowest BCUT2D eigenvalue weighted by atomic mass is 10.1. The molecule has 0 spiro atoms. The molecule has 0 radical (unpaired) electrons. The fourth-order valence-corrected chi connectivity index (χ4v) is 2.79. The number of fused-ring (bicyclic) bond motifs is 1. The monoisotopic (exact) mass is 341 g/mol. The molecule has 3 aromatic rings. The van der Waals surface area contributed by atoms with Gasteiger partial charge in [-0.25, -0.2) is 0 Å². The predicted octanol–water partition coefficient (Wildman–Crippen LogP) is 4.37. The smallest absolute Gasteiger partial charge is 0.387 e. The molecule has 0 unspecified atom stereocenters. The van der Waals surface area contributed by atoms with E-state index in [1.54, 1.807) is 12.1 Å². The summed E-state index contributed by atoms with van der Waals surface area (Å²) in [5.74, 6) is -0.0307. The van der Waals surface area contributed by atoms with Crippen LogP contribution in [-0.2, 0) is 0 Å². The van der Waals surface area contributed by atoms with Gasteiger partial charge in [0.25, 0.3) is 0 Å². The molecule has 0 saturated heterocycles. The molecule has 0 fully saturated rings. The fraction of sp³-hybridized carbons (Fsp3) is 0.143. The summed E-state index contributed by atoms with van der Waals surface area (Å²) in [6.45, 7) is -2.95. The first kappa shape index (κ1) is 15.1. The van der Waals surface area contributed by atoms with Gasteiger partial charge in [0.1, 0.15) is 11.4 Å². The van der Waals surface area contributed by atoms with Crippen molar-refractivity contribution in [3.8, 4) is 17.0 Å². The molecule has 2 aromatic heterocycles. The summed E-state index contributed by atoms with van der Waals surface area (Å²) in [4.78, 5) is 0. The average molecular weight is 342 g/mol.